The summed E-state index contributed by atoms with van der Waals surface area (Å²) in [6.07, 6.45) is 1.94. The van der Waals surface area contributed by atoms with Crippen molar-refractivity contribution in [2.75, 3.05) is 7.11 Å². The fraction of sp³-hybridized carbons (Fsp3) is 0.286. The molecule has 0 aliphatic carbocycles. The smallest absolute Gasteiger partial charge is 0.170 e. The fourth-order valence-corrected chi connectivity index (χ4v) is 2.24. The van der Waals surface area contributed by atoms with Gasteiger partial charge in [0.05, 0.1) is 18.9 Å². The van der Waals surface area contributed by atoms with Crippen LogP contribution in [0.5, 0.6) is 5.75 Å². The van der Waals surface area contributed by atoms with Crippen molar-refractivity contribution in [2.45, 2.75) is 13.3 Å². The molecule has 4 nitrogen and oxygen atoms in total. The van der Waals surface area contributed by atoms with E-state index in [1.165, 1.54) is 0 Å². The largest absolute Gasteiger partial charge is 0.497 e. The number of methoxy groups -OCH3 is 1. The highest BCUT2D eigenvalue weighted by Gasteiger charge is 2.15. The molecule has 0 amide bonds. The van der Waals surface area contributed by atoms with Crippen molar-refractivity contribution in [2.24, 2.45) is 7.05 Å². The molecule has 0 fully saturated rings. The normalized spacial score (nSPS) is 10.5. The minimum atomic E-state index is 0.0551. The molecule has 1 aromatic heterocycles. The van der Waals surface area contributed by atoms with Gasteiger partial charge in [-0.05, 0) is 30.7 Å². The van der Waals surface area contributed by atoms with Crippen LogP contribution in [0.15, 0.2) is 28.9 Å². The lowest BCUT2D eigenvalue weighted by Crippen LogP contribution is -2.06. The van der Waals surface area contributed by atoms with Crippen LogP contribution in [0.2, 0.25) is 0 Å². The van der Waals surface area contributed by atoms with Crippen LogP contribution in [0.3, 0.4) is 0 Å². The Morgan fingerprint density at radius 2 is 2.21 bits per heavy atom. The molecule has 2 aromatic rings. The Labute approximate surface area is 120 Å². The molecule has 0 saturated carbocycles. The fourth-order valence-electron chi connectivity index (χ4n) is 1.85. The molecular weight excluding hydrogens is 308 g/mol. The van der Waals surface area contributed by atoms with Crippen molar-refractivity contribution in [3.8, 4) is 5.75 Å². The molecule has 0 saturated heterocycles. The third-order valence-electron chi connectivity index (χ3n) is 3.14. The van der Waals surface area contributed by atoms with Crippen LogP contribution in [-0.2, 0) is 13.5 Å². The highest BCUT2D eigenvalue weighted by Crippen LogP contribution is 2.24. The van der Waals surface area contributed by atoms with Crippen molar-refractivity contribution in [1.29, 1.82) is 0 Å². The monoisotopic (exact) mass is 322 g/mol. The molecule has 1 aromatic carbocycles. The second-order valence-electron chi connectivity index (χ2n) is 4.32. The molecule has 0 radical (unpaired) electrons. The highest BCUT2D eigenvalue weighted by atomic mass is 79.9. The van der Waals surface area contributed by atoms with E-state index in [-0.39, 0.29) is 5.78 Å². The summed E-state index contributed by atoms with van der Waals surface area (Å²) < 4.78 is 7.78. The van der Waals surface area contributed by atoms with Crippen LogP contribution in [-0.4, -0.2) is 22.7 Å². The summed E-state index contributed by atoms with van der Waals surface area (Å²) in [7, 11) is 3.44. The maximum Gasteiger partial charge on any atom is 0.170 e. The number of nitrogens with zero attached hydrogens (tertiary/aromatic N) is 2. The van der Waals surface area contributed by atoms with E-state index in [2.05, 4.69) is 21.0 Å². The van der Waals surface area contributed by atoms with Crippen LogP contribution in [0, 0.1) is 6.92 Å². The van der Waals surface area contributed by atoms with Gasteiger partial charge in [0.2, 0.25) is 0 Å². The molecule has 0 bridgehead atoms. The number of aryl methyl sites for hydroxylation is 1. The summed E-state index contributed by atoms with van der Waals surface area (Å²) in [5.74, 6) is 0.800. The van der Waals surface area contributed by atoms with Crippen molar-refractivity contribution in [1.82, 2.24) is 9.78 Å². The van der Waals surface area contributed by atoms with E-state index in [9.17, 15) is 4.79 Å². The first-order valence-electron chi connectivity index (χ1n) is 5.87. The van der Waals surface area contributed by atoms with Gasteiger partial charge >= 0.3 is 0 Å². The van der Waals surface area contributed by atoms with Gasteiger partial charge in [0.15, 0.2) is 5.78 Å². The Hall–Kier alpha value is -1.62. The number of halogens is 1. The number of carbonyl (C=O) groups is 1. The third-order valence-corrected chi connectivity index (χ3v) is 3.91. The maximum absolute atomic E-state index is 12.3. The van der Waals surface area contributed by atoms with E-state index in [4.69, 9.17) is 4.74 Å². The predicted octanol–water partition coefficient (Wildman–Crippen LogP) is 2.93. The van der Waals surface area contributed by atoms with Crippen molar-refractivity contribution in [3.63, 3.8) is 0 Å². The Morgan fingerprint density at radius 3 is 2.79 bits per heavy atom. The average Bonchev–Trinajstić information content (AvgIpc) is 2.73. The molecular formula is C14H15BrN2O2. The molecule has 2 rings (SSSR count). The molecule has 0 N–H and O–H groups in total. The molecule has 0 unspecified atom stereocenters. The molecule has 1 heterocycles. The number of ketones is 1. The summed E-state index contributed by atoms with van der Waals surface area (Å²) in [6.45, 7) is 1.89. The molecule has 0 atom stereocenters. The lowest BCUT2D eigenvalue weighted by Gasteiger charge is -2.07. The van der Waals surface area contributed by atoms with Crippen LogP contribution in [0.25, 0.3) is 0 Å². The number of Topliss-reactive ketones (excluding diaryl/α,β-unsaturated/α-hetero) is 1. The van der Waals surface area contributed by atoms with Crippen LogP contribution >= 0.6 is 15.9 Å². The minimum Gasteiger partial charge on any atom is -0.497 e. The summed E-state index contributed by atoms with van der Waals surface area (Å²) in [6, 6.07) is 5.61. The number of rotatable bonds is 4. The Bertz CT molecular complexity index is 620. The summed E-state index contributed by atoms with van der Waals surface area (Å²) in [5, 5.41) is 4.09. The average molecular weight is 323 g/mol. The number of hydrogen-bond donors (Lipinski definition) is 0. The van der Waals surface area contributed by atoms with E-state index in [0.29, 0.717) is 12.0 Å². The summed E-state index contributed by atoms with van der Waals surface area (Å²) in [5.41, 5.74) is 2.45. The first-order chi connectivity index (χ1) is 9.02. The predicted molar refractivity (Wildman–Crippen MR) is 76.7 cm³/mol. The van der Waals surface area contributed by atoms with Crippen molar-refractivity contribution >= 4 is 21.7 Å². The number of hydrogen-bond acceptors (Lipinski definition) is 3. The number of carbonyl (C=O) groups excluding carboxylic acids is 1. The maximum atomic E-state index is 12.3. The third kappa shape index (κ3) is 2.87. The number of aromatic nitrogens is 2. The highest BCUT2D eigenvalue weighted by molar-refractivity contribution is 9.10. The molecule has 19 heavy (non-hydrogen) atoms. The van der Waals surface area contributed by atoms with Crippen molar-refractivity contribution in [3.05, 3.63) is 45.7 Å². The van der Waals surface area contributed by atoms with E-state index in [1.54, 1.807) is 18.0 Å². The van der Waals surface area contributed by atoms with Gasteiger partial charge < -0.3 is 4.74 Å². The van der Waals surface area contributed by atoms with Gasteiger partial charge in [0.25, 0.3) is 0 Å². The minimum absolute atomic E-state index is 0.0551. The molecule has 0 aliphatic heterocycles. The first kappa shape index (κ1) is 13.8. The first-order valence-corrected chi connectivity index (χ1v) is 6.66. The van der Waals surface area contributed by atoms with E-state index < -0.39 is 0 Å². The zero-order valence-electron chi connectivity index (χ0n) is 11.1. The Morgan fingerprint density at radius 1 is 1.47 bits per heavy atom. The topological polar surface area (TPSA) is 44.1 Å². The van der Waals surface area contributed by atoms with Gasteiger partial charge in [0.1, 0.15) is 5.75 Å². The van der Waals surface area contributed by atoms with E-state index in [1.807, 2.05) is 32.2 Å². The second kappa shape index (κ2) is 5.57. The van der Waals surface area contributed by atoms with Gasteiger partial charge in [-0.1, -0.05) is 15.9 Å². The quantitative estimate of drug-likeness (QED) is 0.813. The standard InChI is InChI=1S/C14H15BrN2O2/c1-9-12(8-16-17(9)2)14(18)7-10-6-11(19-3)4-5-13(10)15/h4-6,8H,7H2,1-3H3. The van der Waals surface area contributed by atoms with Gasteiger partial charge in [-0.2, -0.15) is 5.10 Å². The van der Waals surface area contributed by atoms with E-state index >= 15 is 0 Å². The number of ether oxygens (including phenoxy) is 1. The van der Waals surface area contributed by atoms with Crippen molar-refractivity contribution < 1.29 is 9.53 Å². The van der Waals surface area contributed by atoms with Gasteiger partial charge in [-0.15, -0.1) is 0 Å². The Kier molecular flexibility index (Phi) is 4.04. The molecule has 100 valence electrons. The number of benzene rings is 1. The van der Waals surface area contributed by atoms with Crippen LogP contribution in [0.1, 0.15) is 21.6 Å². The summed E-state index contributed by atoms with van der Waals surface area (Å²) in [4.78, 5) is 12.3. The zero-order chi connectivity index (χ0) is 14.0. The lowest BCUT2D eigenvalue weighted by atomic mass is 10.0. The van der Waals surface area contributed by atoms with Crippen LogP contribution < -0.4 is 4.74 Å². The van der Waals surface area contributed by atoms with Gasteiger partial charge in [0, 0.05) is 23.6 Å². The van der Waals surface area contributed by atoms with Crippen LogP contribution in [0.4, 0.5) is 0 Å². The molecule has 0 spiro atoms. The summed E-state index contributed by atoms with van der Waals surface area (Å²) >= 11 is 3.46. The molecule has 5 heteroatoms. The SMILES string of the molecule is COc1ccc(Br)c(CC(=O)c2cnn(C)c2C)c1. The van der Waals surface area contributed by atoms with Gasteiger partial charge in [-0.3, -0.25) is 9.48 Å². The zero-order valence-corrected chi connectivity index (χ0v) is 12.7. The molecule has 0 aliphatic rings. The van der Waals surface area contributed by atoms with Gasteiger partial charge in [-0.25, -0.2) is 0 Å². The van der Waals surface area contributed by atoms with E-state index in [0.717, 1.165) is 21.5 Å². The Balaban J connectivity index is 2.26. The second-order valence-corrected chi connectivity index (χ2v) is 5.18. The lowest BCUT2D eigenvalue weighted by molar-refractivity contribution is 0.0992.